The van der Waals surface area contributed by atoms with Crippen LogP contribution in [0.25, 0.3) is 66.9 Å². The van der Waals surface area contributed by atoms with Crippen molar-refractivity contribution in [1.82, 2.24) is 24.1 Å². The van der Waals surface area contributed by atoms with Gasteiger partial charge in [0.1, 0.15) is 0 Å². The summed E-state index contributed by atoms with van der Waals surface area (Å²) < 4.78 is 4.40. The van der Waals surface area contributed by atoms with Crippen LogP contribution in [0.2, 0.25) is 0 Å². The normalized spacial score (nSPS) is 11.8. The summed E-state index contributed by atoms with van der Waals surface area (Å²) in [7, 11) is 0. The van der Waals surface area contributed by atoms with Crippen molar-refractivity contribution in [3.05, 3.63) is 125 Å². The Morgan fingerprint density at radius 3 is 1.12 bits per heavy atom. The molecule has 8 aromatic rings. The third kappa shape index (κ3) is 3.74. The number of hydrogen-bond acceptors (Lipinski definition) is 3. The van der Waals surface area contributed by atoms with Crippen LogP contribution >= 0.6 is 0 Å². The van der Waals surface area contributed by atoms with Crippen molar-refractivity contribution >= 4 is 43.6 Å². The Bertz CT molecular complexity index is 2080. The number of aryl methyl sites for hydroxylation is 4. The molecule has 5 heteroatoms. The molecule has 0 fully saturated rings. The zero-order chi connectivity index (χ0) is 28.5. The van der Waals surface area contributed by atoms with E-state index in [1.807, 2.05) is 18.2 Å². The third-order valence-electron chi connectivity index (χ3n) is 8.20. The van der Waals surface area contributed by atoms with Crippen LogP contribution in [-0.2, 0) is 0 Å². The van der Waals surface area contributed by atoms with Gasteiger partial charge in [-0.1, -0.05) is 78.9 Å². The third-order valence-corrected chi connectivity index (χ3v) is 8.20. The van der Waals surface area contributed by atoms with Gasteiger partial charge in [-0.15, -0.1) is 0 Å². The highest BCUT2D eigenvalue weighted by Gasteiger charge is 2.21. The molecule has 0 radical (unpaired) electrons. The largest absolute Gasteiger partial charge is 0.278 e. The number of benzene rings is 5. The molecule has 0 aliphatic carbocycles. The summed E-state index contributed by atoms with van der Waals surface area (Å²) in [6.07, 6.45) is 0. The lowest BCUT2D eigenvalue weighted by atomic mass is 10.1. The van der Waals surface area contributed by atoms with Crippen molar-refractivity contribution in [2.75, 3.05) is 0 Å². The Kier molecular flexibility index (Phi) is 5.32. The number of fused-ring (bicyclic) bond motifs is 6. The summed E-state index contributed by atoms with van der Waals surface area (Å²) in [5.41, 5.74) is 10.0. The van der Waals surface area contributed by atoms with Crippen LogP contribution in [-0.4, -0.2) is 24.1 Å². The van der Waals surface area contributed by atoms with Crippen LogP contribution in [0.15, 0.2) is 103 Å². The van der Waals surface area contributed by atoms with Crippen LogP contribution in [0.1, 0.15) is 22.3 Å². The fourth-order valence-electron chi connectivity index (χ4n) is 6.18. The maximum Gasteiger partial charge on any atom is 0.240 e. The average molecular weight is 544 g/mol. The van der Waals surface area contributed by atoms with E-state index in [4.69, 9.17) is 15.0 Å². The van der Waals surface area contributed by atoms with E-state index in [2.05, 4.69) is 122 Å². The maximum absolute atomic E-state index is 5.27. The number of nitrogens with zero attached hydrogens (tertiary/aromatic N) is 5. The minimum absolute atomic E-state index is 0.602. The predicted molar refractivity (Wildman–Crippen MR) is 173 cm³/mol. The first-order valence-electron chi connectivity index (χ1n) is 14.3. The molecule has 0 saturated heterocycles. The number of hydrogen-bond donors (Lipinski definition) is 0. The second kappa shape index (κ2) is 9.11. The molecular formula is C37H29N5. The molecule has 3 heterocycles. The minimum Gasteiger partial charge on any atom is -0.278 e. The van der Waals surface area contributed by atoms with E-state index in [0.717, 1.165) is 27.6 Å². The van der Waals surface area contributed by atoms with Crippen molar-refractivity contribution in [3.63, 3.8) is 0 Å². The monoisotopic (exact) mass is 543 g/mol. The van der Waals surface area contributed by atoms with Gasteiger partial charge in [0.25, 0.3) is 0 Å². The van der Waals surface area contributed by atoms with Crippen LogP contribution < -0.4 is 0 Å². The van der Waals surface area contributed by atoms with Gasteiger partial charge in [-0.25, -0.2) is 0 Å². The summed E-state index contributed by atoms with van der Waals surface area (Å²) in [6, 6.07) is 36.6. The van der Waals surface area contributed by atoms with Gasteiger partial charge in [-0.05, 0) is 74.2 Å². The van der Waals surface area contributed by atoms with Crippen LogP contribution in [0, 0.1) is 27.7 Å². The van der Waals surface area contributed by atoms with Gasteiger partial charge in [0, 0.05) is 27.1 Å². The van der Waals surface area contributed by atoms with Crippen molar-refractivity contribution in [3.8, 4) is 23.3 Å². The topological polar surface area (TPSA) is 48.5 Å². The van der Waals surface area contributed by atoms with Gasteiger partial charge >= 0.3 is 0 Å². The molecule has 0 atom stereocenters. The Hall–Kier alpha value is -5.29. The average Bonchev–Trinajstić information content (AvgIpc) is 3.47. The summed E-state index contributed by atoms with van der Waals surface area (Å²) in [6.45, 7) is 8.51. The fraction of sp³-hybridized carbons (Fsp3) is 0.108. The van der Waals surface area contributed by atoms with E-state index >= 15 is 0 Å². The second-order valence-electron chi connectivity index (χ2n) is 11.4. The van der Waals surface area contributed by atoms with Crippen molar-refractivity contribution in [2.24, 2.45) is 0 Å². The predicted octanol–water partition coefficient (Wildman–Crippen LogP) is 8.97. The molecule has 0 saturated carbocycles. The summed E-state index contributed by atoms with van der Waals surface area (Å²) >= 11 is 0. The molecule has 0 bridgehead atoms. The molecular weight excluding hydrogens is 514 g/mol. The van der Waals surface area contributed by atoms with Crippen molar-refractivity contribution in [2.45, 2.75) is 27.7 Å². The lowest BCUT2D eigenvalue weighted by Crippen LogP contribution is -2.10. The molecule has 3 aromatic heterocycles. The SMILES string of the molecule is Cc1ccc2c3ccc(C)cc3n(-c3nc(-c4ccccc4)nc(-n4c5cc(C)ccc5c5ccc(C)cc54)n3)c2c1. The first-order valence-corrected chi connectivity index (χ1v) is 14.3. The van der Waals surface area contributed by atoms with E-state index in [0.29, 0.717) is 17.7 Å². The fourth-order valence-corrected chi connectivity index (χ4v) is 6.18. The number of aromatic nitrogens is 5. The molecule has 42 heavy (non-hydrogen) atoms. The molecule has 5 nitrogen and oxygen atoms in total. The maximum atomic E-state index is 5.27. The highest BCUT2D eigenvalue weighted by atomic mass is 15.3. The van der Waals surface area contributed by atoms with E-state index < -0.39 is 0 Å². The second-order valence-corrected chi connectivity index (χ2v) is 11.4. The zero-order valence-electron chi connectivity index (χ0n) is 24.1. The zero-order valence-corrected chi connectivity index (χ0v) is 24.1. The number of rotatable bonds is 3. The van der Waals surface area contributed by atoms with Crippen LogP contribution in [0.4, 0.5) is 0 Å². The van der Waals surface area contributed by atoms with Gasteiger partial charge in [-0.2, -0.15) is 15.0 Å². The first-order chi connectivity index (χ1) is 20.4. The molecule has 8 rings (SSSR count). The van der Waals surface area contributed by atoms with E-state index in [1.54, 1.807) is 0 Å². The van der Waals surface area contributed by atoms with Gasteiger partial charge in [-0.3, -0.25) is 9.13 Å². The lowest BCUT2D eigenvalue weighted by molar-refractivity contribution is 0.892. The minimum atomic E-state index is 0.602. The van der Waals surface area contributed by atoms with Crippen LogP contribution in [0.5, 0.6) is 0 Å². The summed E-state index contributed by atoms with van der Waals surface area (Å²) in [5, 5.41) is 4.73. The molecule has 202 valence electrons. The van der Waals surface area contributed by atoms with Crippen LogP contribution in [0.3, 0.4) is 0 Å². The molecule has 0 aliphatic heterocycles. The molecule has 0 aliphatic rings. The van der Waals surface area contributed by atoms with E-state index in [1.165, 1.54) is 43.8 Å². The van der Waals surface area contributed by atoms with Gasteiger partial charge in [0.2, 0.25) is 11.9 Å². The molecule has 0 unspecified atom stereocenters. The molecule has 0 N–H and O–H groups in total. The molecule has 0 amide bonds. The van der Waals surface area contributed by atoms with Gasteiger partial charge in [0.05, 0.1) is 22.1 Å². The van der Waals surface area contributed by atoms with Crippen molar-refractivity contribution < 1.29 is 0 Å². The summed E-state index contributed by atoms with van der Waals surface area (Å²) in [5.74, 6) is 1.84. The smallest absolute Gasteiger partial charge is 0.240 e. The van der Waals surface area contributed by atoms with E-state index in [-0.39, 0.29) is 0 Å². The quantitative estimate of drug-likeness (QED) is 0.223. The Labute approximate surface area is 243 Å². The highest BCUT2D eigenvalue weighted by Crippen LogP contribution is 2.35. The van der Waals surface area contributed by atoms with Crippen molar-refractivity contribution in [1.29, 1.82) is 0 Å². The Balaban J connectivity index is 1.53. The Morgan fingerprint density at radius 2 is 0.762 bits per heavy atom. The summed E-state index contributed by atoms with van der Waals surface area (Å²) in [4.78, 5) is 15.5. The van der Waals surface area contributed by atoms with Gasteiger partial charge < -0.3 is 0 Å². The van der Waals surface area contributed by atoms with Gasteiger partial charge in [0.15, 0.2) is 5.82 Å². The first kappa shape index (κ1) is 24.5. The highest BCUT2D eigenvalue weighted by molar-refractivity contribution is 6.10. The molecule has 5 aromatic carbocycles. The van der Waals surface area contributed by atoms with E-state index in [9.17, 15) is 0 Å². The standard InChI is InChI=1S/C37H29N5/c1-22-10-14-27-28-15-11-23(2)19-32(28)41(31(27)18-22)36-38-35(26-8-6-5-7-9-26)39-37(40-36)42-33-20-24(3)12-16-29(33)30-17-13-25(4)21-34(30)42/h5-21H,1-4H3. The lowest BCUT2D eigenvalue weighted by Gasteiger charge is -2.13. The molecule has 0 spiro atoms. The Morgan fingerprint density at radius 1 is 0.405 bits per heavy atom.